The molecule has 0 spiro atoms. The molecule has 1 fully saturated rings. The molecule has 1 saturated heterocycles. The van der Waals surface area contributed by atoms with Crippen LogP contribution in [-0.4, -0.2) is 31.6 Å². The van der Waals surface area contributed by atoms with Crippen molar-refractivity contribution in [1.82, 2.24) is 4.31 Å². The van der Waals surface area contributed by atoms with Crippen molar-refractivity contribution in [2.24, 2.45) is 0 Å². The van der Waals surface area contributed by atoms with Crippen LogP contribution in [0.3, 0.4) is 0 Å². The summed E-state index contributed by atoms with van der Waals surface area (Å²) < 4.78 is 26.1. The van der Waals surface area contributed by atoms with E-state index in [-0.39, 0.29) is 30.2 Å². The highest BCUT2D eigenvalue weighted by Gasteiger charge is 2.31. The Kier molecular flexibility index (Phi) is 3.99. The van der Waals surface area contributed by atoms with Crippen molar-refractivity contribution in [1.29, 1.82) is 5.26 Å². The molecule has 1 aliphatic heterocycles. The maximum absolute atomic E-state index is 12.4. The number of rotatable bonds is 3. The van der Waals surface area contributed by atoms with Crippen molar-refractivity contribution in [2.75, 3.05) is 13.1 Å². The van der Waals surface area contributed by atoms with Gasteiger partial charge in [-0.25, -0.2) is 8.42 Å². The molecule has 116 valence electrons. The average molecular weight is 326 g/mol. The molecule has 5 nitrogen and oxygen atoms in total. The minimum Gasteiger partial charge on any atom is -0.298 e. The minimum atomic E-state index is -3.61. The molecule has 0 radical (unpaired) electrons. The van der Waals surface area contributed by atoms with Crippen LogP contribution >= 0.6 is 0 Å². The van der Waals surface area contributed by atoms with E-state index in [9.17, 15) is 13.2 Å². The monoisotopic (exact) mass is 326 g/mol. The molecule has 0 N–H and O–H groups in total. The zero-order chi connectivity index (χ0) is 16.4. The van der Waals surface area contributed by atoms with E-state index in [1.165, 1.54) is 4.31 Å². The number of hydrogen-bond donors (Lipinski definition) is 0. The second-order valence-electron chi connectivity index (χ2n) is 5.34. The van der Waals surface area contributed by atoms with Gasteiger partial charge in [-0.3, -0.25) is 4.79 Å². The van der Waals surface area contributed by atoms with Gasteiger partial charge < -0.3 is 0 Å². The van der Waals surface area contributed by atoms with Crippen LogP contribution in [0, 0.1) is 11.3 Å². The third-order valence-electron chi connectivity index (χ3n) is 3.83. The molecule has 2 aromatic carbocycles. The summed E-state index contributed by atoms with van der Waals surface area (Å²) in [7, 11) is -3.61. The van der Waals surface area contributed by atoms with Crippen LogP contribution in [0.4, 0.5) is 0 Å². The highest BCUT2D eigenvalue weighted by molar-refractivity contribution is 7.89. The summed E-state index contributed by atoms with van der Waals surface area (Å²) in [5.74, 6) is -0.0530. The molecule has 6 heteroatoms. The van der Waals surface area contributed by atoms with Gasteiger partial charge in [0.15, 0.2) is 0 Å². The highest BCUT2D eigenvalue weighted by atomic mass is 32.2. The van der Waals surface area contributed by atoms with Crippen LogP contribution in [-0.2, 0) is 14.8 Å². The van der Waals surface area contributed by atoms with Crippen LogP contribution in [0.15, 0.2) is 53.4 Å². The van der Waals surface area contributed by atoms with Gasteiger partial charge in [0.2, 0.25) is 10.0 Å². The molecule has 0 aliphatic carbocycles. The lowest BCUT2D eigenvalue weighted by Gasteiger charge is -2.14. The van der Waals surface area contributed by atoms with Gasteiger partial charge in [-0.15, -0.1) is 0 Å². The first-order valence-electron chi connectivity index (χ1n) is 7.13. The fourth-order valence-corrected chi connectivity index (χ4v) is 3.94. The number of nitriles is 1. The number of ketones is 1. The largest absolute Gasteiger partial charge is 0.298 e. The molecule has 0 atom stereocenters. The minimum absolute atomic E-state index is 0.0420. The summed E-state index contributed by atoms with van der Waals surface area (Å²) in [4.78, 5) is 11.5. The second kappa shape index (κ2) is 5.95. The maximum Gasteiger partial charge on any atom is 0.243 e. The number of hydrogen-bond acceptors (Lipinski definition) is 4. The summed E-state index contributed by atoms with van der Waals surface area (Å²) in [6.07, 6.45) is 0.280. The molecule has 23 heavy (non-hydrogen) atoms. The van der Waals surface area contributed by atoms with Gasteiger partial charge in [-0.05, 0) is 35.4 Å². The standard InChI is InChI=1S/C17H14N2O3S/c18-11-13-1-3-14(4-2-13)15-5-7-17(8-6-15)23(21,22)19-10-9-16(20)12-19/h1-8H,9-10,12H2. The lowest BCUT2D eigenvalue weighted by molar-refractivity contribution is -0.116. The molecule has 3 rings (SSSR count). The topological polar surface area (TPSA) is 78.2 Å². The number of nitrogens with zero attached hydrogens (tertiary/aromatic N) is 2. The molecule has 2 aromatic rings. The predicted octanol–water partition coefficient (Wildman–Crippen LogP) is 2.19. The van der Waals surface area contributed by atoms with Crippen LogP contribution in [0.25, 0.3) is 11.1 Å². The van der Waals surface area contributed by atoms with Crippen LogP contribution in [0.2, 0.25) is 0 Å². The van der Waals surface area contributed by atoms with E-state index in [1.54, 1.807) is 36.4 Å². The first-order chi connectivity index (χ1) is 11.0. The zero-order valence-electron chi connectivity index (χ0n) is 12.3. The van der Waals surface area contributed by atoms with Gasteiger partial charge in [0.25, 0.3) is 0 Å². The van der Waals surface area contributed by atoms with Crippen molar-refractivity contribution >= 4 is 15.8 Å². The van der Waals surface area contributed by atoms with Crippen LogP contribution in [0.1, 0.15) is 12.0 Å². The van der Waals surface area contributed by atoms with Gasteiger partial charge in [-0.1, -0.05) is 24.3 Å². The molecule has 0 unspecified atom stereocenters. The zero-order valence-corrected chi connectivity index (χ0v) is 13.1. The molecule has 1 aliphatic rings. The summed E-state index contributed by atoms with van der Waals surface area (Å²) in [6.45, 7) is 0.207. The Balaban J connectivity index is 1.87. The van der Waals surface area contributed by atoms with Crippen molar-refractivity contribution in [3.63, 3.8) is 0 Å². The molecular weight excluding hydrogens is 312 g/mol. The predicted molar refractivity (Wildman–Crippen MR) is 85.0 cm³/mol. The third-order valence-corrected chi connectivity index (χ3v) is 5.69. The second-order valence-corrected chi connectivity index (χ2v) is 7.28. The Morgan fingerprint density at radius 2 is 1.52 bits per heavy atom. The molecule has 0 bridgehead atoms. The molecule has 1 heterocycles. The van der Waals surface area contributed by atoms with Gasteiger partial charge in [0.1, 0.15) is 5.78 Å². The van der Waals surface area contributed by atoms with Crippen molar-refractivity contribution in [3.05, 3.63) is 54.1 Å². The lowest BCUT2D eigenvalue weighted by atomic mass is 10.0. The van der Waals surface area contributed by atoms with Crippen molar-refractivity contribution in [3.8, 4) is 17.2 Å². The van der Waals surface area contributed by atoms with E-state index in [0.717, 1.165) is 11.1 Å². The molecule has 0 amide bonds. The maximum atomic E-state index is 12.4. The average Bonchev–Trinajstić information content (AvgIpc) is 3.02. The van der Waals surface area contributed by atoms with Crippen molar-refractivity contribution < 1.29 is 13.2 Å². The molecule has 0 saturated carbocycles. The van der Waals surface area contributed by atoms with E-state index >= 15 is 0 Å². The number of sulfonamides is 1. The molecular formula is C17H14N2O3S. The van der Waals surface area contributed by atoms with Gasteiger partial charge in [0.05, 0.1) is 23.1 Å². The Morgan fingerprint density at radius 1 is 0.957 bits per heavy atom. The van der Waals surface area contributed by atoms with E-state index in [2.05, 4.69) is 6.07 Å². The number of carbonyl (C=O) groups excluding carboxylic acids is 1. The Morgan fingerprint density at radius 3 is 2.00 bits per heavy atom. The fourth-order valence-electron chi connectivity index (χ4n) is 2.52. The highest BCUT2D eigenvalue weighted by Crippen LogP contribution is 2.24. The van der Waals surface area contributed by atoms with E-state index in [4.69, 9.17) is 5.26 Å². The van der Waals surface area contributed by atoms with E-state index in [1.807, 2.05) is 12.1 Å². The molecule has 0 aromatic heterocycles. The number of benzene rings is 2. The normalized spacial score (nSPS) is 15.5. The quantitative estimate of drug-likeness (QED) is 0.866. The third kappa shape index (κ3) is 3.02. The first-order valence-corrected chi connectivity index (χ1v) is 8.57. The van der Waals surface area contributed by atoms with Crippen LogP contribution in [0.5, 0.6) is 0 Å². The summed E-state index contributed by atoms with van der Waals surface area (Å²) >= 11 is 0. The fraction of sp³-hybridized carbons (Fsp3) is 0.176. The van der Waals surface area contributed by atoms with Gasteiger partial charge in [0, 0.05) is 13.0 Å². The number of Topliss-reactive ketones (excluding diaryl/α,β-unsaturated/α-hetero) is 1. The smallest absolute Gasteiger partial charge is 0.243 e. The van der Waals surface area contributed by atoms with Crippen LogP contribution < -0.4 is 0 Å². The Bertz CT molecular complexity index is 879. The first kappa shape index (κ1) is 15.4. The number of carbonyl (C=O) groups is 1. The van der Waals surface area contributed by atoms with Gasteiger partial charge >= 0.3 is 0 Å². The van der Waals surface area contributed by atoms with E-state index < -0.39 is 10.0 Å². The lowest BCUT2D eigenvalue weighted by Crippen LogP contribution is -2.28. The summed E-state index contributed by atoms with van der Waals surface area (Å²) in [5, 5.41) is 8.80. The summed E-state index contributed by atoms with van der Waals surface area (Å²) in [5.41, 5.74) is 2.35. The summed E-state index contributed by atoms with van der Waals surface area (Å²) in [6, 6.07) is 15.7. The van der Waals surface area contributed by atoms with E-state index in [0.29, 0.717) is 5.56 Å². The van der Waals surface area contributed by atoms with Gasteiger partial charge in [-0.2, -0.15) is 9.57 Å². The Labute approximate surface area is 134 Å². The van der Waals surface area contributed by atoms with Crippen molar-refractivity contribution in [2.45, 2.75) is 11.3 Å². The Hall–Kier alpha value is -2.49. The SMILES string of the molecule is N#Cc1ccc(-c2ccc(S(=O)(=O)N3CCC(=O)C3)cc2)cc1.